The second-order valence-electron chi connectivity index (χ2n) is 4.94. The third-order valence-corrected chi connectivity index (χ3v) is 3.91. The minimum Gasteiger partial charge on any atom is -0.497 e. The number of rotatable bonds is 3. The molecule has 1 heterocycles. The number of nitrogens with one attached hydrogen (secondary N) is 2. The smallest absolute Gasteiger partial charge is 0.173 e. The lowest BCUT2D eigenvalue weighted by Gasteiger charge is -2.32. The fourth-order valence-electron chi connectivity index (χ4n) is 2.19. The Bertz CT molecular complexity index is 473. The van der Waals surface area contributed by atoms with Gasteiger partial charge in [0.1, 0.15) is 11.5 Å². The van der Waals surface area contributed by atoms with E-state index in [0.29, 0.717) is 0 Å². The molecule has 1 aliphatic rings. The Morgan fingerprint density at radius 3 is 2.55 bits per heavy atom. The van der Waals surface area contributed by atoms with Crippen LogP contribution in [0.4, 0.5) is 5.69 Å². The maximum absolute atomic E-state index is 5.48. The predicted octanol–water partition coefficient (Wildman–Crippen LogP) is 0.231. The van der Waals surface area contributed by atoms with E-state index in [2.05, 4.69) is 17.3 Å². The third-order valence-electron chi connectivity index (χ3n) is 3.55. The maximum Gasteiger partial charge on any atom is 0.173 e. The van der Waals surface area contributed by atoms with Crippen molar-refractivity contribution in [1.82, 2.24) is 4.90 Å². The van der Waals surface area contributed by atoms with Crippen molar-refractivity contribution in [3.63, 3.8) is 0 Å². The Hall–Kier alpha value is -1.53. The lowest BCUT2D eigenvalue weighted by Crippen LogP contribution is -3.12. The molecule has 0 aromatic heterocycles. The first-order valence-electron chi connectivity index (χ1n) is 6.73. The lowest BCUT2D eigenvalue weighted by atomic mass is 10.2. The average molecular weight is 296 g/mol. The number of methoxy groups -OCH3 is 2. The number of anilines is 1. The minimum atomic E-state index is 0.728. The maximum atomic E-state index is 5.48. The van der Waals surface area contributed by atoms with E-state index in [1.54, 1.807) is 19.1 Å². The number of nitrogens with zero attached hydrogens (tertiary/aromatic N) is 1. The number of hydrogen-bond acceptors (Lipinski definition) is 3. The summed E-state index contributed by atoms with van der Waals surface area (Å²) in [5, 5.41) is 4.02. The molecule has 0 atom stereocenters. The van der Waals surface area contributed by atoms with Crippen LogP contribution in [-0.4, -0.2) is 57.5 Å². The summed E-state index contributed by atoms with van der Waals surface area (Å²) in [5.74, 6) is 1.49. The van der Waals surface area contributed by atoms with Gasteiger partial charge in [0.05, 0.1) is 53.1 Å². The van der Waals surface area contributed by atoms with Gasteiger partial charge < -0.3 is 24.6 Å². The van der Waals surface area contributed by atoms with Crippen LogP contribution in [0.1, 0.15) is 0 Å². The second-order valence-corrected chi connectivity index (χ2v) is 5.33. The molecule has 20 heavy (non-hydrogen) atoms. The van der Waals surface area contributed by atoms with Gasteiger partial charge in [-0.05, 0) is 24.4 Å². The fourth-order valence-corrected chi connectivity index (χ4v) is 2.48. The Balaban J connectivity index is 2.03. The average Bonchev–Trinajstić information content (AvgIpc) is 2.48. The molecular weight excluding hydrogens is 274 g/mol. The summed E-state index contributed by atoms with van der Waals surface area (Å²) in [7, 11) is 5.49. The largest absolute Gasteiger partial charge is 0.497 e. The predicted molar refractivity (Wildman–Crippen MR) is 84.0 cm³/mol. The number of hydrogen-bond donors (Lipinski definition) is 2. The number of thiocarbonyl (C=S) groups is 1. The van der Waals surface area contributed by atoms with Crippen LogP contribution in [0.25, 0.3) is 0 Å². The van der Waals surface area contributed by atoms with E-state index in [1.807, 2.05) is 18.2 Å². The summed E-state index contributed by atoms with van der Waals surface area (Å²) in [4.78, 5) is 3.75. The molecule has 2 rings (SSSR count). The standard InChI is InChI=1S/C14H21N3O2S/c1-16-6-8-17(9-7-16)14(20)15-12-5-4-11(18-2)10-13(12)19-3/h4-5,10H,6-9H2,1-3H3,(H,15,20)/p+1. The van der Waals surface area contributed by atoms with Crippen LogP contribution in [0.3, 0.4) is 0 Å². The normalized spacial score (nSPS) is 15.8. The van der Waals surface area contributed by atoms with Gasteiger partial charge in [-0.1, -0.05) is 0 Å². The van der Waals surface area contributed by atoms with Crippen molar-refractivity contribution in [3.05, 3.63) is 18.2 Å². The van der Waals surface area contributed by atoms with Crippen LogP contribution >= 0.6 is 12.2 Å². The number of piperazine rings is 1. The van der Waals surface area contributed by atoms with E-state index in [0.717, 1.165) is 48.5 Å². The summed E-state index contributed by atoms with van der Waals surface area (Å²) in [5.41, 5.74) is 0.865. The molecule has 2 N–H and O–H groups in total. The van der Waals surface area contributed by atoms with Gasteiger partial charge in [-0.3, -0.25) is 0 Å². The first kappa shape index (κ1) is 14.9. The zero-order valence-electron chi connectivity index (χ0n) is 12.2. The van der Waals surface area contributed by atoms with Crippen LogP contribution in [0.15, 0.2) is 18.2 Å². The quantitative estimate of drug-likeness (QED) is 0.781. The molecule has 0 aliphatic carbocycles. The van der Waals surface area contributed by atoms with Gasteiger partial charge in [0.15, 0.2) is 5.11 Å². The van der Waals surface area contributed by atoms with Crippen LogP contribution in [-0.2, 0) is 0 Å². The molecular formula is C14H22N3O2S+. The van der Waals surface area contributed by atoms with Gasteiger partial charge in [-0.25, -0.2) is 0 Å². The van der Waals surface area contributed by atoms with E-state index in [-0.39, 0.29) is 0 Å². The van der Waals surface area contributed by atoms with Crippen molar-refractivity contribution in [3.8, 4) is 11.5 Å². The van der Waals surface area contributed by atoms with Gasteiger partial charge >= 0.3 is 0 Å². The highest BCUT2D eigenvalue weighted by molar-refractivity contribution is 7.80. The molecule has 1 fully saturated rings. The Kier molecular flexibility index (Phi) is 5.03. The number of likely N-dealkylation sites (N-methyl/N-ethyl adjacent to an activating group) is 1. The third kappa shape index (κ3) is 3.52. The highest BCUT2D eigenvalue weighted by Gasteiger charge is 2.19. The van der Waals surface area contributed by atoms with Crippen LogP contribution < -0.4 is 19.7 Å². The van der Waals surface area contributed by atoms with Gasteiger partial charge in [-0.2, -0.15) is 0 Å². The summed E-state index contributed by atoms with van der Waals surface area (Å²) >= 11 is 5.48. The summed E-state index contributed by atoms with van der Waals surface area (Å²) in [6.45, 7) is 4.19. The Morgan fingerprint density at radius 2 is 1.95 bits per heavy atom. The summed E-state index contributed by atoms with van der Waals surface area (Å²) in [6.07, 6.45) is 0. The Morgan fingerprint density at radius 1 is 1.25 bits per heavy atom. The van der Waals surface area contributed by atoms with E-state index in [4.69, 9.17) is 21.7 Å². The van der Waals surface area contributed by atoms with E-state index in [9.17, 15) is 0 Å². The molecule has 110 valence electrons. The molecule has 0 radical (unpaired) electrons. The second kappa shape index (κ2) is 6.76. The highest BCUT2D eigenvalue weighted by Crippen LogP contribution is 2.29. The lowest BCUT2D eigenvalue weighted by molar-refractivity contribution is -0.883. The molecule has 1 aliphatic heterocycles. The van der Waals surface area contributed by atoms with Crippen molar-refractivity contribution in [2.24, 2.45) is 0 Å². The van der Waals surface area contributed by atoms with Crippen molar-refractivity contribution in [2.45, 2.75) is 0 Å². The van der Waals surface area contributed by atoms with Crippen LogP contribution in [0.2, 0.25) is 0 Å². The molecule has 6 heteroatoms. The van der Waals surface area contributed by atoms with Crippen molar-refractivity contribution < 1.29 is 14.4 Å². The number of benzene rings is 1. The monoisotopic (exact) mass is 296 g/mol. The fraction of sp³-hybridized carbons (Fsp3) is 0.500. The zero-order valence-corrected chi connectivity index (χ0v) is 13.0. The van der Waals surface area contributed by atoms with Crippen LogP contribution in [0.5, 0.6) is 11.5 Å². The van der Waals surface area contributed by atoms with Gasteiger partial charge in [-0.15, -0.1) is 0 Å². The van der Waals surface area contributed by atoms with Crippen molar-refractivity contribution in [2.75, 3.05) is 52.8 Å². The SMILES string of the molecule is COc1ccc(NC(=S)N2CC[NH+](C)CC2)c(OC)c1. The number of ether oxygens (including phenoxy) is 2. The van der Waals surface area contributed by atoms with Crippen LogP contribution in [0, 0.1) is 0 Å². The van der Waals surface area contributed by atoms with E-state index in [1.165, 1.54) is 0 Å². The zero-order chi connectivity index (χ0) is 14.5. The molecule has 1 aromatic rings. The topological polar surface area (TPSA) is 38.2 Å². The molecule has 0 spiro atoms. The molecule has 1 aromatic carbocycles. The molecule has 0 unspecified atom stereocenters. The van der Waals surface area contributed by atoms with Gasteiger partial charge in [0.25, 0.3) is 0 Å². The molecule has 0 saturated carbocycles. The van der Waals surface area contributed by atoms with E-state index >= 15 is 0 Å². The summed E-state index contributed by atoms with van der Waals surface area (Å²) < 4.78 is 10.6. The first-order chi connectivity index (χ1) is 9.63. The van der Waals surface area contributed by atoms with E-state index < -0.39 is 0 Å². The Labute approximate surface area is 125 Å². The summed E-state index contributed by atoms with van der Waals surface area (Å²) in [6, 6.07) is 5.66. The number of quaternary nitrogens is 1. The molecule has 1 saturated heterocycles. The van der Waals surface area contributed by atoms with Gasteiger partial charge in [0.2, 0.25) is 0 Å². The molecule has 5 nitrogen and oxygen atoms in total. The first-order valence-corrected chi connectivity index (χ1v) is 7.14. The highest BCUT2D eigenvalue weighted by atomic mass is 32.1. The van der Waals surface area contributed by atoms with Gasteiger partial charge in [0, 0.05) is 6.07 Å². The molecule has 0 amide bonds. The van der Waals surface area contributed by atoms with Crippen molar-refractivity contribution >= 4 is 23.0 Å². The molecule has 0 bridgehead atoms. The van der Waals surface area contributed by atoms with Crippen molar-refractivity contribution in [1.29, 1.82) is 0 Å². The minimum absolute atomic E-state index is 0.728.